The number of aliphatic hydroxyl groups is 1. The Morgan fingerprint density at radius 2 is 1.57 bits per heavy atom. The molecule has 0 radical (unpaired) electrons. The zero-order chi connectivity index (χ0) is 26.0. The number of fused-ring (bicyclic) bond motifs is 7. The van der Waals surface area contributed by atoms with Gasteiger partial charge in [-0.3, -0.25) is 14.4 Å². The number of ketones is 2. The average Bonchev–Trinajstić information content (AvgIpc) is 2.74. The number of carbonyl (C=O) groups is 3. The molecule has 35 heavy (non-hydrogen) atoms. The van der Waals surface area contributed by atoms with Crippen molar-refractivity contribution in [1.29, 1.82) is 0 Å². The lowest BCUT2D eigenvalue weighted by atomic mass is 9.33. The summed E-state index contributed by atoms with van der Waals surface area (Å²) in [5.41, 5.74) is -1.44. The average molecular weight is 485 g/mol. The maximum absolute atomic E-state index is 14.2. The molecule has 5 heteroatoms. The molecule has 0 spiro atoms. The van der Waals surface area contributed by atoms with Gasteiger partial charge in [0.05, 0.1) is 11.5 Å². The maximum atomic E-state index is 14.2. The first-order valence-electron chi connectivity index (χ1n) is 13.7. The third kappa shape index (κ3) is 2.88. The van der Waals surface area contributed by atoms with Crippen molar-refractivity contribution in [2.75, 3.05) is 0 Å². The Labute approximate surface area is 210 Å². The van der Waals surface area contributed by atoms with E-state index in [2.05, 4.69) is 41.5 Å². The van der Waals surface area contributed by atoms with Gasteiger partial charge in [-0.1, -0.05) is 47.1 Å². The molecule has 5 aliphatic rings. The number of Topliss-reactive ketones (excluding diaryl/α,β-unsaturated/α-hetero) is 1. The second kappa shape index (κ2) is 7.08. The van der Waals surface area contributed by atoms with Crippen molar-refractivity contribution in [2.24, 2.45) is 50.2 Å². The molecular weight excluding hydrogens is 440 g/mol. The predicted molar refractivity (Wildman–Crippen MR) is 133 cm³/mol. The van der Waals surface area contributed by atoms with Crippen molar-refractivity contribution < 1.29 is 24.6 Å². The predicted octanol–water partition coefficient (Wildman–Crippen LogP) is 5.59. The van der Waals surface area contributed by atoms with Crippen molar-refractivity contribution in [2.45, 2.75) is 106 Å². The monoisotopic (exact) mass is 484 g/mol. The summed E-state index contributed by atoms with van der Waals surface area (Å²) >= 11 is 0. The number of carbonyl (C=O) groups excluding carboxylic acids is 2. The molecule has 0 aromatic carbocycles. The Bertz CT molecular complexity index is 1040. The molecule has 0 aliphatic heterocycles. The molecule has 9 atom stereocenters. The standard InChI is InChI=1S/C30H44O5/c1-25(2)20-8-11-30(7)23(28(20,5)10-9-21(25)32)19(31)14-17-18-15-26(3,24(34)35)16-22(33)27(18,4)12-13-29(17,30)6/h14,18,20,22-23,33H,8-13,15-16H2,1-7H3,(H,34,35). The molecule has 0 aromatic heterocycles. The minimum atomic E-state index is -0.999. The SMILES string of the molecule is CC1(C(=O)O)CC(O)C2(C)CCC3(C)C(=CC(=O)C4C5(C)CCC(=O)C(C)(C)C5CCC43C)C2C1. The molecule has 4 fully saturated rings. The lowest BCUT2D eigenvalue weighted by Gasteiger charge is -2.70. The van der Waals surface area contributed by atoms with Gasteiger partial charge in [0, 0.05) is 23.2 Å². The van der Waals surface area contributed by atoms with Crippen LogP contribution in [-0.2, 0) is 14.4 Å². The van der Waals surface area contributed by atoms with Gasteiger partial charge in [0.25, 0.3) is 0 Å². The van der Waals surface area contributed by atoms with Crippen LogP contribution in [0.2, 0.25) is 0 Å². The summed E-state index contributed by atoms with van der Waals surface area (Å²) in [6, 6.07) is 0. The Hall–Kier alpha value is -1.49. The van der Waals surface area contributed by atoms with Crippen molar-refractivity contribution in [3.05, 3.63) is 11.6 Å². The molecule has 5 rings (SSSR count). The topological polar surface area (TPSA) is 91.7 Å². The van der Waals surface area contributed by atoms with Crippen LogP contribution in [0, 0.1) is 50.2 Å². The minimum absolute atomic E-state index is 0.122. The fourth-order valence-corrected chi connectivity index (χ4v) is 10.3. The number of carboxylic acid groups (broad SMARTS) is 1. The number of rotatable bonds is 1. The molecule has 0 aromatic rings. The van der Waals surface area contributed by atoms with Gasteiger partial charge in [-0.15, -0.1) is 0 Å². The van der Waals surface area contributed by atoms with Gasteiger partial charge in [-0.05, 0) is 86.0 Å². The van der Waals surface area contributed by atoms with Crippen LogP contribution >= 0.6 is 0 Å². The summed E-state index contributed by atoms with van der Waals surface area (Å²) in [5.74, 6) is -0.441. The van der Waals surface area contributed by atoms with Gasteiger partial charge in [0.15, 0.2) is 5.78 Å². The van der Waals surface area contributed by atoms with E-state index in [0.717, 1.165) is 37.7 Å². The second-order valence-electron chi connectivity index (χ2n) is 14.8. The minimum Gasteiger partial charge on any atom is -0.481 e. The molecule has 4 saturated carbocycles. The summed E-state index contributed by atoms with van der Waals surface area (Å²) in [7, 11) is 0. The van der Waals surface area contributed by atoms with Crippen LogP contribution in [0.1, 0.15) is 99.8 Å². The van der Waals surface area contributed by atoms with E-state index in [1.165, 1.54) is 0 Å². The van der Waals surface area contributed by atoms with Crippen molar-refractivity contribution in [1.82, 2.24) is 0 Å². The highest BCUT2D eigenvalue weighted by Crippen LogP contribution is 2.74. The third-order valence-electron chi connectivity index (χ3n) is 12.9. The van der Waals surface area contributed by atoms with E-state index in [9.17, 15) is 24.6 Å². The molecule has 0 heterocycles. The molecule has 2 N–H and O–H groups in total. The quantitative estimate of drug-likeness (QED) is 0.506. The van der Waals surface area contributed by atoms with Gasteiger partial charge in [0.1, 0.15) is 5.78 Å². The zero-order valence-corrected chi connectivity index (χ0v) is 22.7. The van der Waals surface area contributed by atoms with E-state index in [-0.39, 0.29) is 46.2 Å². The Morgan fingerprint density at radius 3 is 2.20 bits per heavy atom. The van der Waals surface area contributed by atoms with Crippen molar-refractivity contribution >= 4 is 17.5 Å². The van der Waals surface area contributed by atoms with Gasteiger partial charge in [0.2, 0.25) is 0 Å². The molecule has 0 amide bonds. The summed E-state index contributed by atoms with van der Waals surface area (Å²) < 4.78 is 0. The van der Waals surface area contributed by atoms with Gasteiger partial charge in [-0.25, -0.2) is 0 Å². The molecule has 194 valence electrons. The van der Waals surface area contributed by atoms with Gasteiger partial charge in [-0.2, -0.15) is 0 Å². The van der Waals surface area contributed by atoms with E-state index in [0.29, 0.717) is 18.6 Å². The molecule has 0 saturated heterocycles. The van der Waals surface area contributed by atoms with Crippen LogP contribution in [0.5, 0.6) is 0 Å². The van der Waals surface area contributed by atoms with E-state index >= 15 is 0 Å². The van der Waals surface area contributed by atoms with Crippen LogP contribution in [-0.4, -0.2) is 33.9 Å². The summed E-state index contributed by atoms with van der Waals surface area (Å²) in [6.45, 7) is 14.9. The van der Waals surface area contributed by atoms with Crippen LogP contribution < -0.4 is 0 Å². The number of carboxylic acids is 1. The van der Waals surface area contributed by atoms with Crippen LogP contribution in [0.15, 0.2) is 11.6 Å². The number of allylic oxidation sites excluding steroid dienone is 2. The number of hydrogen-bond acceptors (Lipinski definition) is 4. The van der Waals surface area contributed by atoms with Crippen LogP contribution in [0.25, 0.3) is 0 Å². The molecule has 0 bridgehead atoms. The highest BCUT2D eigenvalue weighted by atomic mass is 16.4. The molecule has 5 aliphatic carbocycles. The number of hydrogen-bond donors (Lipinski definition) is 2. The fraction of sp³-hybridized carbons (Fsp3) is 0.833. The first kappa shape index (κ1) is 25.2. The maximum Gasteiger partial charge on any atom is 0.309 e. The second-order valence-corrected chi connectivity index (χ2v) is 14.8. The smallest absolute Gasteiger partial charge is 0.309 e. The molecule has 9 unspecified atom stereocenters. The Kier molecular flexibility index (Phi) is 5.09. The third-order valence-corrected chi connectivity index (χ3v) is 12.9. The lowest BCUT2D eigenvalue weighted by molar-refractivity contribution is -0.194. The number of aliphatic carboxylic acids is 1. The molecular formula is C30H44O5. The van der Waals surface area contributed by atoms with Crippen LogP contribution in [0.3, 0.4) is 0 Å². The lowest BCUT2D eigenvalue weighted by Crippen LogP contribution is -2.67. The Balaban J connectivity index is 1.64. The summed E-state index contributed by atoms with van der Waals surface area (Å²) in [6.07, 6.45) is 6.80. The van der Waals surface area contributed by atoms with Crippen molar-refractivity contribution in [3.8, 4) is 0 Å². The largest absolute Gasteiger partial charge is 0.481 e. The van der Waals surface area contributed by atoms with E-state index < -0.39 is 28.3 Å². The highest BCUT2D eigenvalue weighted by Gasteiger charge is 2.71. The van der Waals surface area contributed by atoms with Crippen LogP contribution in [0.4, 0.5) is 0 Å². The first-order valence-corrected chi connectivity index (χ1v) is 13.7. The normalized spacial score (nSPS) is 53.0. The summed E-state index contributed by atoms with van der Waals surface area (Å²) in [5, 5.41) is 21.3. The van der Waals surface area contributed by atoms with E-state index in [1.54, 1.807) is 6.92 Å². The fourth-order valence-electron chi connectivity index (χ4n) is 10.3. The zero-order valence-electron chi connectivity index (χ0n) is 22.7. The number of aliphatic hydroxyl groups excluding tert-OH is 1. The van der Waals surface area contributed by atoms with E-state index in [4.69, 9.17) is 0 Å². The van der Waals surface area contributed by atoms with Crippen molar-refractivity contribution in [3.63, 3.8) is 0 Å². The van der Waals surface area contributed by atoms with Gasteiger partial charge < -0.3 is 10.2 Å². The van der Waals surface area contributed by atoms with Gasteiger partial charge >= 0.3 is 5.97 Å². The molecule has 5 nitrogen and oxygen atoms in total. The van der Waals surface area contributed by atoms with E-state index in [1.807, 2.05) is 6.08 Å². The summed E-state index contributed by atoms with van der Waals surface area (Å²) in [4.78, 5) is 39.4. The Morgan fingerprint density at radius 1 is 0.914 bits per heavy atom. The highest BCUT2D eigenvalue weighted by molar-refractivity contribution is 5.96. The first-order chi connectivity index (χ1) is 16.0.